The van der Waals surface area contributed by atoms with E-state index in [0.29, 0.717) is 5.69 Å². The molecule has 0 amide bonds. The predicted molar refractivity (Wildman–Crippen MR) is 105 cm³/mol. The van der Waals surface area contributed by atoms with Crippen molar-refractivity contribution in [1.82, 2.24) is 9.55 Å². The van der Waals surface area contributed by atoms with Crippen molar-refractivity contribution < 1.29 is 8.42 Å². The standard InChI is InChI=1S/C19H21N3O2S2/c1-3-6-15-9-11-16(12-10-15)26(23,24)21-17-7-4-5-8-18(17)25-19-20-13-14-22(19)2/h4-5,7-14,21H,3,6H2,1-2H3. The highest BCUT2D eigenvalue weighted by atomic mass is 32.2. The van der Waals surface area contributed by atoms with Crippen LogP contribution >= 0.6 is 11.8 Å². The van der Waals surface area contributed by atoms with Crippen molar-refractivity contribution in [3.05, 3.63) is 66.5 Å². The molecule has 3 aromatic rings. The summed E-state index contributed by atoms with van der Waals surface area (Å²) in [7, 11) is -1.74. The number of hydrogen-bond donors (Lipinski definition) is 1. The lowest BCUT2D eigenvalue weighted by molar-refractivity contribution is 0.601. The second-order valence-corrected chi connectivity index (χ2v) is 8.61. The first-order valence-electron chi connectivity index (χ1n) is 8.35. The van der Waals surface area contributed by atoms with Gasteiger partial charge in [0.1, 0.15) is 0 Å². The summed E-state index contributed by atoms with van der Waals surface area (Å²) in [5.41, 5.74) is 1.68. The summed E-state index contributed by atoms with van der Waals surface area (Å²) in [4.78, 5) is 5.34. The molecule has 3 rings (SSSR count). The van der Waals surface area contributed by atoms with Gasteiger partial charge < -0.3 is 4.57 Å². The van der Waals surface area contributed by atoms with Gasteiger partial charge in [-0.25, -0.2) is 13.4 Å². The Morgan fingerprint density at radius 3 is 2.50 bits per heavy atom. The van der Waals surface area contributed by atoms with Crippen molar-refractivity contribution in [2.24, 2.45) is 7.05 Å². The van der Waals surface area contributed by atoms with Gasteiger partial charge in [-0.15, -0.1) is 0 Å². The van der Waals surface area contributed by atoms with E-state index < -0.39 is 10.0 Å². The predicted octanol–water partition coefficient (Wildman–Crippen LogP) is 4.32. The molecule has 0 aliphatic carbocycles. The molecule has 5 nitrogen and oxygen atoms in total. The molecule has 0 spiro atoms. The van der Waals surface area contributed by atoms with Crippen molar-refractivity contribution >= 4 is 27.5 Å². The molecule has 0 bridgehead atoms. The zero-order chi connectivity index (χ0) is 18.6. The summed E-state index contributed by atoms with van der Waals surface area (Å²) in [5, 5.41) is 0.792. The van der Waals surface area contributed by atoms with Crippen LogP contribution in [0, 0.1) is 0 Å². The number of rotatable bonds is 7. The third-order valence-corrected chi connectivity index (χ3v) is 6.42. The third-order valence-electron chi connectivity index (χ3n) is 3.88. The largest absolute Gasteiger partial charge is 0.329 e. The van der Waals surface area contributed by atoms with Crippen molar-refractivity contribution in [2.75, 3.05) is 4.72 Å². The van der Waals surface area contributed by atoms with Crippen LogP contribution in [-0.2, 0) is 23.5 Å². The summed E-state index contributed by atoms with van der Waals surface area (Å²) in [5.74, 6) is 0. The minimum atomic E-state index is -3.65. The van der Waals surface area contributed by atoms with Crippen molar-refractivity contribution in [2.45, 2.75) is 34.7 Å². The maximum Gasteiger partial charge on any atom is 0.261 e. The summed E-state index contributed by atoms with van der Waals surface area (Å²) in [6.45, 7) is 2.10. The van der Waals surface area contributed by atoms with E-state index in [1.165, 1.54) is 11.8 Å². The Labute approximate surface area is 158 Å². The monoisotopic (exact) mass is 387 g/mol. The molecule has 7 heteroatoms. The first kappa shape index (κ1) is 18.5. The van der Waals surface area contributed by atoms with Crippen LogP contribution in [0.15, 0.2) is 75.9 Å². The Morgan fingerprint density at radius 1 is 1.12 bits per heavy atom. The van der Waals surface area contributed by atoms with Crippen molar-refractivity contribution in [1.29, 1.82) is 0 Å². The smallest absolute Gasteiger partial charge is 0.261 e. The van der Waals surface area contributed by atoms with Crippen LogP contribution in [0.1, 0.15) is 18.9 Å². The molecular weight excluding hydrogens is 366 g/mol. The van der Waals surface area contributed by atoms with Gasteiger partial charge in [-0.05, 0) is 48.0 Å². The fourth-order valence-corrected chi connectivity index (χ4v) is 4.55. The first-order chi connectivity index (χ1) is 12.5. The number of hydrogen-bond acceptors (Lipinski definition) is 4. The van der Waals surface area contributed by atoms with Crippen LogP contribution in [0.25, 0.3) is 0 Å². The SMILES string of the molecule is CCCc1ccc(S(=O)(=O)Nc2ccccc2Sc2nccn2C)cc1. The number of imidazole rings is 1. The Balaban J connectivity index is 1.84. The number of aromatic nitrogens is 2. The highest BCUT2D eigenvalue weighted by Gasteiger charge is 2.17. The number of anilines is 1. The van der Waals surface area contributed by atoms with Gasteiger partial charge >= 0.3 is 0 Å². The molecule has 1 aromatic heterocycles. The molecule has 0 aliphatic rings. The van der Waals surface area contributed by atoms with Crippen LogP contribution in [-0.4, -0.2) is 18.0 Å². The van der Waals surface area contributed by atoms with E-state index >= 15 is 0 Å². The maximum absolute atomic E-state index is 12.8. The highest BCUT2D eigenvalue weighted by molar-refractivity contribution is 7.99. The number of para-hydroxylation sites is 1. The minimum Gasteiger partial charge on any atom is -0.329 e. The second kappa shape index (κ2) is 7.97. The highest BCUT2D eigenvalue weighted by Crippen LogP contribution is 2.33. The van der Waals surface area contributed by atoms with Crippen LogP contribution in [0.4, 0.5) is 5.69 Å². The Hall–Kier alpha value is -2.25. The fraction of sp³-hybridized carbons (Fsp3) is 0.211. The Morgan fingerprint density at radius 2 is 1.85 bits per heavy atom. The van der Waals surface area contributed by atoms with Gasteiger partial charge in [0.25, 0.3) is 10.0 Å². The molecule has 0 radical (unpaired) electrons. The quantitative estimate of drug-likeness (QED) is 0.656. The van der Waals surface area contributed by atoms with Gasteiger partial charge in [-0.1, -0.05) is 37.6 Å². The lowest BCUT2D eigenvalue weighted by Crippen LogP contribution is -2.13. The molecule has 0 aliphatic heterocycles. The van der Waals surface area contributed by atoms with Crippen LogP contribution in [0.3, 0.4) is 0 Å². The normalized spacial score (nSPS) is 11.5. The molecule has 0 unspecified atom stereocenters. The lowest BCUT2D eigenvalue weighted by Gasteiger charge is -2.12. The number of benzene rings is 2. The molecule has 1 N–H and O–H groups in total. The summed E-state index contributed by atoms with van der Waals surface area (Å²) >= 11 is 1.42. The lowest BCUT2D eigenvalue weighted by atomic mass is 10.1. The molecule has 0 saturated heterocycles. The maximum atomic E-state index is 12.8. The van der Waals surface area contributed by atoms with E-state index in [1.54, 1.807) is 24.4 Å². The van der Waals surface area contributed by atoms with Gasteiger partial charge in [-0.2, -0.15) is 0 Å². The van der Waals surface area contributed by atoms with E-state index in [1.807, 2.05) is 48.1 Å². The van der Waals surface area contributed by atoms with E-state index in [9.17, 15) is 8.42 Å². The number of nitrogens with one attached hydrogen (secondary N) is 1. The zero-order valence-corrected chi connectivity index (χ0v) is 16.3. The molecule has 1 heterocycles. The number of aryl methyl sites for hydroxylation is 2. The Bertz CT molecular complexity index is 980. The van der Waals surface area contributed by atoms with E-state index in [2.05, 4.69) is 16.6 Å². The molecule has 0 fully saturated rings. The molecule has 0 atom stereocenters. The molecule has 0 saturated carbocycles. The minimum absolute atomic E-state index is 0.258. The van der Waals surface area contributed by atoms with Crippen molar-refractivity contribution in [3.63, 3.8) is 0 Å². The second-order valence-electron chi connectivity index (χ2n) is 5.92. The fourth-order valence-electron chi connectivity index (χ4n) is 2.52. The number of sulfonamides is 1. The topological polar surface area (TPSA) is 64.0 Å². The average Bonchev–Trinajstić information content (AvgIpc) is 3.02. The summed E-state index contributed by atoms with van der Waals surface area (Å²) in [6.07, 6.45) is 5.54. The first-order valence-corrected chi connectivity index (χ1v) is 10.7. The molecular formula is C19H21N3O2S2. The van der Waals surface area contributed by atoms with Gasteiger partial charge in [-0.3, -0.25) is 4.72 Å². The average molecular weight is 388 g/mol. The van der Waals surface area contributed by atoms with Gasteiger partial charge in [0.05, 0.1) is 10.6 Å². The van der Waals surface area contributed by atoms with Crippen LogP contribution in [0.5, 0.6) is 0 Å². The summed E-state index contributed by atoms with van der Waals surface area (Å²) in [6, 6.07) is 14.4. The van der Waals surface area contributed by atoms with Crippen molar-refractivity contribution in [3.8, 4) is 0 Å². The van der Waals surface area contributed by atoms with Gasteiger partial charge in [0, 0.05) is 24.3 Å². The van der Waals surface area contributed by atoms with E-state index in [4.69, 9.17) is 0 Å². The van der Waals surface area contributed by atoms with Crippen LogP contribution < -0.4 is 4.72 Å². The molecule has 26 heavy (non-hydrogen) atoms. The van der Waals surface area contributed by atoms with E-state index in [-0.39, 0.29) is 4.90 Å². The third kappa shape index (κ3) is 4.28. The van der Waals surface area contributed by atoms with Gasteiger partial charge in [0.2, 0.25) is 0 Å². The molecule has 136 valence electrons. The van der Waals surface area contributed by atoms with Crippen LogP contribution in [0.2, 0.25) is 0 Å². The van der Waals surface area contributed by atoms with Gasteiger partial charge in [0.15, 0.2) is 5.16 Å². The zero-order valence-electron chi connectivity index (χ0n) is 14.7. The number of nitrogens with zero attached hydrogens (tertiary/aromatic N) is 2. The van der Waals surface area contributed by atoms with E-state index in [0.717, 1.165) is 28.5 Å². The summed E-state index contributed by atoms with van der Waals surface area (Å²) < 4.78 is 30.1. The molecule has 2 aromatic carbocycles. The Kier molecular flexibility index (Phi) is 5.68.